The summed E-state index contributed by atoms with van der Waals surface area (Å²) in [5.74, 6) is 0. The zero-order valence-electron chi connectivity index (χ0n) is 18.5. The van der Waals surface area contributed by atoms with E-state index in [9.17, 15) is 8.42 Å². The van der Waals surface area contributed by atoms with Crippen LogP contribution in [0.3, 0.4) is 0 Å². The molecule has 1 unspecified atom stereocenters. The van der Waals surface area contributed by atoms with Crippen molar-refractivity contribution in [3.8, 4) is 11.3 Å². The molecule has 1 N–H and O–H groups in total. The molecule has 2 aromatic carbocycles. The van der Waals surface area contributed by atoms with Gasteiger partial charge in [0.25, 0.3) is 0 Å². The third-order valence-corrected chi connectivity index (χ3v) is 8.28. The fraction of sp³-hybridized carbons (Fsp3) is 0.348. The average molecular weight is 473 g/mol. The number of hydrogen-bond acceptors (Lipinski definition) is 7. The van der Waals surface area contributed by atoms with Crippen LogP contribution in [0.5, 0.6) is 0 Å². The summed E-state index contributed by atoms with van der Waals surface area (Å²) in [4.78, 5) is 7.05. The Morgan fingerprint density at radius 2 is 2.00 bits per heavy atom. The molecule has 2 heterocycles. The van der Waals surface area contributed by atoms with Crippen molar-refractivity contribution in [3.05, 3.63) is 53.9 Å². The van der Waals surface area contributed by atoms with Crippen LogP contribution in [0.15, 0.2) is 58.8 Å². The fourth-order valence-corrected chi connectivity index (χ4v) is 6.28. The molecular weight excluding hydrogens is 444 g/mol. The van der Waals surface area contributed by atoms with Crippen molar-refractivity contribution in [2.24, 2.45) is 0 Å². The molecule has 0 saturated carbocycles. The van der Waals surface area contributed by atoms with Crippen LogP contribution in [0, 0.1) is 0 Å². The van der Waals surface area contributed by atoms with Crippen LogP contribution < -0.4 is 10.2 Å². The lowest BCUT2D eigenvalue weighted by molar-refractivity contribution is 0.149. The number of aromatic nitrogens is 1. The monoisotopic (exact) mass is 472 g/mol. The number of ether oxygens (including phenoxy) is 1. The first-order valence-electron chi connectivity index (χ1n) is 10.5. The molecule has 1 aliphatic rings. The Labute approximate surface area is 193 Å². The number of thiazole rings is 1. The molecule has 0 radical (unpaired) electrons. The minimum absolute atomic E-state index is 0.0949. The average Bonchev–Trinajstić information content (AvgIpc) is 3.45. The van der Waals surface area contributed by atoms with E-state index in [1.54, 1.807) is 35.7 Å². The number of nitrogens with zero attached hydrogens (tertiary/aromatic N) is 3. The van der Waals surface area contributed by atoms with Crippen LogP contribution in [-0.4, -0.2) is 58.1 Å². The second-order valence-corrected chi connectivity index (χ2v) is 10.7. The first-order valence-corrected chi connectivity index (χ1v) is 12.8. The molecule has 0 bridgehead atoms. The lowest BCUT2D eigenvalue weighted by atomic mass is 10.1. The Hall–Kier alpha value is -2.46. The maximum atomic E-state index is 13.1. The molecule has 0 spiro atoms. The van der Waals surface area contributed by atoms with Crippen molar-refractivity contribution in [2.75, 3.05) is 44.6 Å². The molecule has 170 valence electrons. The van der Waals surface area contributed by atoms with Crippen LogP contribution >= 0.6 is 11.3 Å². The van der Waals surface area contributed by atoms with Crippen molar-refractivity contribution in [1.29, 1.82) is 0 Å². The summed E-state index contributed by atoms with van der Waals surface area (Å²) in [6.45, 7) is 0.954. The summed E-state index contributed by atoms with van der Waals surface area (Å²) in [5.41, 5.74) is 3.87. The predicted octanol–water partition coefficient (Wildman–Crippen LogP) is 4.42. The SMILES string of the molecule is COCC1CCCN1S(=O)(=O)c1ccc(Nc2nc(-c3cccc(N(C)C)c3)cs2)cc1. The minimum atomic E-state index is -3.53. The molecule has 0 aliphatic carbocycles. The maximum Gasteiger partial charge on any atom is 0.243 e. The van der Waals surface area contributed by atoms with E-state index in [1.807, 2.05) is 31.6 Å². The Morgan fingerprint density at radius 3 is 2.72 bits per heavy atom. The van der Waals surface area contributed by atoms with E-state index in [0.29, 0.717) is 18.0 Å². The Balaban J connectivity index is 1.47. The lowest BCUT2D eigenvalue weighted by Gasteiger charge is -2.23. The highest BCUT2D eigenvalue weighted by Crippen LogP contribution is 2.30. The summed E-state index contributed by atoms with van der Waals surface area (Å²) < 4.78 is 32.9. The van der Waals surface area contributed by atoms with E-state index in [4.69, 9.17) is 4.74 Å². The van der Waals surface area contributed by atoms with E-state index in [0.717, 1.165) is 40.6 Å². The zero-order chi connectivity index (χ0) is 22.7. The lowest BCUT2D eigenvalue weighted by Crippen LogP contribution is -2.38. The summed E-state index contributed by atoms with van der Waals surface area (Å²) in [7, 11) is 2.09. The normalized spacial score (nSPS) is 16.9. The molecule has 1 atom stereocenters. The Kier molecular flexibility index (Phi) is 6.80. The van der Waals surface area contributed by atoms with Gasteiger partial charge in [0.15, 0.2) is 5.13 Å². The largest absolute Gasteiger partial charge is 0.383 e. The van der Waals surface area contributed by atoms with Gasteiger partial charge >= 0.3 is 0 Å². The van der Waals surface area contributed by atoms with Gasteiger partial charge in [-0.1, -0.05) is 12.1 Å². The number of hydrogen-bond donors (Lipinski definition) is 1. The van der Waals surface area contributed by atoms with Crippen LogP contribution in [0.2, 0.25) is 0 Å². The molecular formula is C23H28N4O3S2. The van der Waals surface area contributed by atoms with Crippen LogP contribution in [-0.2, 0) is 14.8 Å². The van der Waals surface area contributed by atoms with E-state index in [2.05, 4.69) is 27.3 Å². The van der Waals surface area contributed by atoms with Gasteiger partial charge in [-0.15, -0.1) is 11.3 Å². The summed E-state index contributed by atoms with van der Waals surface area (Å²) >= 11 is 1.51. The summed E-state index contributed by atoms with van der Waals surface area (Å²) in [6.07, 6.45) is 1.69. The van der Waals surface area contributed by atoms with Crippen molar-refractivity contribution in [3.63, 3.8) is 0 Å². The smallest absolute Gasteiger partial charge is 0.243 e. The van der Waals surface area contributed by atoms with Gasteiger partial charge in [-0.05, 0) is 49.2 Å². The quantitative estimate of drug-likeness (QED) is 0.523. The topological polar surface area (TPSA) is 74.8 Å². The van der Waals surface area contributed by atoms with Crippen molar-refractivity contribution < 1.29 is 13.2 Å². The first kappa shape index (κ1) is 22.7. The van der Waals surface area contributed by atoms with Gasteiger partial charge < -0.3 is 15.0 Å². The molecule has 1 aromatic heterocycles. The van der Waals surface area contributed by atoms with E-state index in [1.165, 1.54) is 11.3 Å². The molecule has 3 aromatic rings. The van der Waals surface area contributed by atoms with E-state index >= 15 is 0 Å². The number of methoxy groups -OCH3 is 1. The number of sulfonamides is 1. The van der Waals surface area contributed by atoms with Gasteiger partial charge in [-0.2, -0.15) is 4.31 Å². The number of benzene rings is 2. The molecule has 1 fully saturated rings. The molecule has 1 saturated heterocycles. The molecule has 1 aliphatic heterocycles. The Bertz CT molecular complexity index is 1160. The van der Waals surface area contributed by atoms with Crippen molar-refractivity contribution >= 4 is 37.9 Å². The van der Waals surface area contributed by atoms with Crippen molar-refractivity contribution in [2.45, 2.75) is 23.8 Å². The third-order valence-electron chi connectivity index (χ3n) is 5.56. The van der Waals surface area contributed by atoms with Gasteiger partial charge in [0.2, 0.25) is 10.0 Å². The number of rotatable bonds is 8. The van der Waals surface area contributed by atoms with Crippen LogP contribution in [0.4, 0.5) is 16.5 Å². The fourth-order valence-electron chi connectivity index (χ4n) is 3.86. The predicted molar refractivity (Wildman–Crippen MR) is 130 cm³/mol. The molecule has 0 amide bonds. The number of nitrogens with one attached hydrogen (secondary N) is 1. The zero-order valence-corrected chi connectivity index (χ0v) is 20.1. The van der Waals surface area contributed by atoms with E-state index in [-0.39, 0.29) is 6.04 Å². The number of anilines is 3. The molecule has 4 rings (SSSR count). The Morgan fingerprint density at radius 1 is 1.22 bits per heavy atom. The third kappa shape index (κ3) is 4.80. The second kappa shape index (κ2) is 9.58. The van der Waals surface area contributed by atoms with Gasteiger partial charge in [0.1, 0.15) is 0 Å². The highest BCUT2D eigenvalue weighted by Gasteiger charge is 2.35. The highest BCUT2D eigenvalue weighted by atomic mass is 32.2. The van der Waals surface area contributed by atoms with E-state index < -0.39 is 10.0 Å². The molecule has 32 heavy (non-hydrogen) atoms. The van der Waals surface area contributed by atoms with Gasteiger partial charge in [-0.3, -0.25) is 0 Å². The van der Waals surface area contributed by atoms with Gasteiger partial charge in [-0.25, -0.2) is 13.4 Å². The summed E-state index contributed by atoms with van der Waals surface area (Å²) in [6, 6.07) is 15.0. The van der Waals surface area contributed by atoms with Gasteiger partial charge in [0, 0.05) is 56.1 Å². The van der Waals surface area contributed by atoms with Gasteiger partial charge in [0.05, 0.1) is 17.2 Å². The maximum absolute atomic E-state index is 13.1. The van der Waals surface area contributed by atoms with Crippen molar-refractivity contribution in [1.82, 2.24) is 9.29 Å². The van der Waals surface area contributed by atoms with Crippen LogP contribution in [0.25, 0.3) is 11.3 Å². The molecule has 7 nitrogen and oxygen atoms in total. The summed E-state index contributed by atoms with van der Waals surface area (Å²) in [5, 5.41) is 6.05. The minimum Gasteiger partial charge on any atom is -0.383 e. The highest BCUT2D eigenvalue weighted by molar-refractivity contribution is 7.89. The standard InChI is InChI=1S/C23H28N4O3S2/c1-26(2)19-7-4-6-17(14-19)22-16-31-23(25-22)24-18-9-11-21(12-10-18)32(28,29)27-13-5-8-20(27)15-30-3/h4,6-7,9-12,14,16,20H,5,8,13,15H2,1-3H3,(H,24,25). The first-order chi connectivity index (χ1) is 15.4. The van der Waals surface area contributed by atoms with Crippen LogP contribution in [0.1, 0.15) is 12.8 Å². The molecule has 9 heteroatoms. The second-order valence-electron chi connectivity index (χ2n) is 8.00.